The molecule has 12 bridgehead atoms. The van der Waals surface area contributed by atoms with E-state index >= 15 is 0 Å². The fraction of sp³-hybridized carbons (Fsp3) is 0.266. The maximum Gasteiger partial charge on any atom is 0.271 e. The molecular formula is C64H72N24O4. The molecule has 3 aliphatic heterocycles. The summed E-state index contributed by atoms with van der Waals surface area (Å²) in [7, 11) is 7.41. The van der Waals surface area contributed by atoms with Crippen molar-refractivity contribution in [3.8, 4) is 5.88 Å². The van der Waals surface area contributed by atoms with Crippen molar-refractivity contribution >= 4 is 130 Å². The van der Waals surface area contributed by atoms with Crippen LogP contribution in [-0.4, -0.2) is 147 Å². The normalized spacial score (nSPS) is 15.8. The largest absolute Gasteiger partial charge is 0.475 e. The van der Waals surface area contributed by atoms with E-state index in [1.54, 1.807) is 34.7 Å². The molecule has 28 nitrogen and oxygen atoms in total. The van der Waals surface area contributed by atoms with Crippen LogP contribution >= 0.6 is 0 Å². The Kier molecular flexibility index (Phi) is 18.1. The molecule has 0 radical (unpaired) electrons. The van der Waals surface area contributed by atoms with Crippen LogP contribution in [0.1, 0.15) is 79.9 Å². The van der Waals surface area contributed by atoms with Gasteiger partial charge in [0.1, 0.15) is 24.6 Å². The Hall–Kier alpha value is -11.7. The van der Waals surface area contributed by atoms with Crippen LogP contribution in [0.25, 0.3) is 49.4 Å². The minimum absolute atomic E-state index is 0.110. The average Bonchev–Trinajstić information content (AvgIpc) is 1.59. The molecule has 0 aliphatic carbocycles. The number of benzene rings is 3. The number of likely N-dealkylation sites (N-methyl/N-ethyl adjacent to an activating group) is 1. The molecule has 12 aromatic rings. The number of ether oxygens (including phenoxy) is 1. The molecule has 3 amide bonds. The standard InChI is InChI=1S/C21H22N8O.C20H20N8O.C19H18N8O2.2C2H6/c1-12-11-28(3)19-15-8-14(5-4-13(15)6-7-23-19)26-18-9-16(22-2)20-24-10-17(21(30)25-12)29(20)27-18;1-11-9-23-18-14-7-13(4-3-12(14)5-6-22-18)26-17-8-15(21-2)19-24-10-16(20(29)25-11)28(19)27-17;1-10-8-29-19-12-5-11(3-4-13(12)22-9-23-19)25-16-6-14(20-2)17-21-7-15(18(28)24-10)27(17)26-16;2*1-2/h4-10,12,22H,11H2,1-3H3,(H,25,30)(H,26,27);3-8,10-11,21H,9H2,1-2H3,(H,22,23)(H,25,29)(H,26,27);3-7,9-10,20H,8H2,1-2H3,(H,24,28)(H,25,26);2*1-2H3. The van der Waals surface area contributed by atoms with Gasteiger partial charge in [0, 0.05) is 112 Å². The maximum atomic E-state index is 12.9. The van der Waals surface area contributed by atoms with Crippen molar-refractivity contribution in [1.82, 2.24) is 79.7 Å². The van der Waals surface area contributed by atoms with Crippen molar-refractivity contribution in [2.24, 2.45) is 0 Å². The van der Waals surface area contributed by atoms with Crippen LogP contribution in [0.5, 0.6) is 5.88 Å². The van der Waals surface area contributed by atoms with Crippen LogP contribution in [0.2, 0.25) is 0 Å². The van der Waals surface area contributed by atoms with Gasteiger partial charge < -0.3 is 62.8 Å². The summed E-state index contributed by atoms with van der Waals surface area (Å²) in [6.45, 7) is 15.2. The Bertz CT molecular complexity index is 4520. The molecule has 3 aliphatic rings. The monoisotopic (exact) mass is 1240 g/mol. The highest BCUT2D eigenvalue weighted by atomic mass is 16.5. The molecule has 0 spiro atoms. The van der Waals surface area contributed by atoms with Crippen LogP contribution in [0.4, 0.5) is 63.2 Å². The van der Waals surface area contributed by atoms with E-state index < -0.39 is 0 Å². The third kappa shape index (κ3) is 12.6. The zero-order valence-corrected chi connectivity index (χ0v) is 52.8. The first kappa shape index (κ1) is 61.9. The molecule has 9 aromatic heterocycles. The highest BCUT2D eigenvalue weighted by molar-refractivity contribution is 5.99. The first-order valence-electron chi connectivity index (χ1n) is 30.3. The van der Waals surface area contributed by atoms with Crippen LogP contribution in [0.3, 0.4) is 0 Å². The Morgan fingerprint density at radius 1 is 0.500 bits per heavy atom. The molecule has 12 heterocycles. The lowest BCUT2D eigenvalue weighted by atomic mass is 10.1. The molecule has 0 saturated heterocycles. The molecule has 3 aromatic carbocycles. The summed E-state index contributed by atoms with van der Waals surface area (Å²) in [6.07, 6.45) is 9.64. The van der Waals surface area contributed by atoms with Crippen LogP contribution in [-0.2, 0) is 0 Å². The minimum Gasteiger partial charge on any atom is -0.475 e. The third-order valence-electron chi connectivity index (χ3n) is 14.9. The number of amides is 3. The van der Waals surface area contributed by atoms with Crippen LogP contribution < -0.4 is 62.8 Å². The highest BCUT2D eigenvalue weighted by Gasteiger charge is 2.24. The summed E-state index contributed by atoms with van der Waals surface area (Å²) >= 11 is 0. The number of nitrogens with zero attached hydrogens (tertiary/aromatic N) is 14. The van der Waals surface area contributed by atoms with Gasteiger partial charge in [-0.25, -0.2) is 48.4 Å². The smallest absolute Gasteiger partial charge is 0.271 e. The van der Waals surface area contributed by atoms with Gasteiger partial charge >= 0.3 is 0 Å². The fourth-order valence-corrected chi connectivity index (χ4v) is 10.7. The van der Waals surface area contributed by atoms with Gasteiger partial charge in [0.15, 0.2) is 51.5 Å². The summed E-state index contributed by atoms with van der Waals surface area (Å²) in [5.41, 5.74) is 8.44. The molecular weight excluding hydrogens is 1170 g/mol. The van der Waals surface area contributed by atoms with E-state index in [9.17, 15) is 14.4 Å². The first-order chi connectivity index (χ1) is 44.8. The van der Waals surface area contributed by atoms with E-state index in [4.69, 9.17) is 4.74 Å². The van der Waals surface area contributed by atoms with Crippen molar-refractivity contribution in [1.29, 1.82) is 0 Å². The van der Waals surface area contributed by atoms with Gasteiger partial charge in [-0.1, -0.05) is 39.8 Å². The quantitative estimate of drug-likeness (QED) is 0.0787. The molecule has 10 N–H and O–H groups in total. The van der Waals surface area contributed by atoms with E-state index in [2.05, 4.69) is 120 Å². The van der Waals surface area contributed by atoms with Gasteiger partial charge in [0.2, 0.25) is 5.88 Å². The second kappa shape index (κ2) is 26.9. The van der Waals surface area contributed by atoms with Crippen molar-refractivity contribution in [2.45, 2.75) is 66.6 Å². The lowest BCUT2D eigenvalue weighted by molar-refractivity contribution is 0.0914. The number of nitrogens with one attached hydrogen (secondary N) is 10. The van der Waals surface area contributed by atoms with Gasteiger partial charge in [-0.05, 0) is 86.1 Å². The number of imidazole rings is 3. The SMILES string of the molecule is CC.CC.CNc1cc2nn3c(cnc13)C(=O)NC(C)CN(C)c1nccc3ccc(cc13)N2.CNc1cc2nn3c(cnc13)C(=O)NC(C)CNc1nccc3ccc(cc13)N2.CNc1cc2nn3c(cnc13)C(=O)NC(C)COc1ncnc3ccc(cc13)N2. The summed E-state index contributed by atoms with van der Waals surface area (Å²) < 4.78 is 10.5. The zero-order chi connectivity index (χ0) is 64.7. The second-order valence-corrected chi connectivity index (χ2v) is 21.4. The predicted molar refractivity (Wildman–Crippen MR) is 361 cm³/mol. The Labute approximate surface area is 528 Å². The Morgan fingerprint density at radius 2 is 0.957 bits per heavy atom. The molecule has 15 rings (SSSR count). The van der Waals surface area contributed by atoms with Crippen molar-refractivity contribution in [3.05, 3.63) is 139 Å². The fourth-order valence-electron chi connectivity index (χ4n) is 10.7. The lowest BCUT2D eigenvalue weighted by Gasteiger charge is -2.24. The van der Waals surface area contributed by atoms with Crippen LogP contribution in [0, 0.1) is 0 Å². The van der Waals surface area contributed by atoms with E-state index in [1.165, 1.54) is 23.2 Å². The predicted octanol–water partition coefficient (Wildman–Crippen LogP) is 9.26. The van der Waals surface area contributed by atoms with Crippen molar-refractivity contribution < 1.29 is 19.1 Å². The first-order valence-corrected chi connectivity index (χ1v) is 30.3. The number of aromatic nitrogens is 13. The molecule has 3 atom stereocenters. The molecule has 92 heavy (non-hydrogen) atoms. The summed E-state index contributed by atoms with van der Waals surface area (Å²) in [4.78, 5) is 71.4. The van der Waals surface area contributed by atoms with Gasteiger partial charge in [-0.15, -0.1) is 15.3 Å². The molecule has 28 heteroatoms. The number of hydrogen-bond donors (Lipinski definition) is 10. The van der Waals surface area contributed by atoms with Gasteiger partial charge in [0.05, 0.1) is 52.6 Å². The van der Waals surface area contributed by atoms with E-state index in [-0.39, 0.29) is 42.5 Å². The maximum absolute atomic E-state index is 12.9. The zero-order valence-electron chi connectivity index (χ0n) is 52.8. The number of anilines is 11. The van der Waals surface area contributed by atoms with Crippen molar-refractivity contribution in [3.63, 3.8) is 0 Å². The molecule has 0 fully saturated rings. The molecule has 0 saturated carbocycles. The second-order valence-electron chi connectivity index (χ2n) is 21.4. The van der Waals surface area contributed by atoms with Crippen LogP contribution in [0.15, 0.2) is 122 Å². The number of fused-ring (bicyclic) bond motifs is 6. The van der Waals surface area contributed by atoms with E-state index in [0.717, 1.165) is 78.2 Å². The summed E-state index contributed by atoms with van der Waals surface area (Å²) in [5.74, 6) is 3.09. The number of pyridine rings is 2. The highest BCUT2D eigenvalue weighted by Crippen LogP contribution is 2.33. The molecule has 472 valence electrons. The summed E-state index contributed by atoms with van der Waals surface area (Å²) in [6, 6.07) is 27.0. The lowest BCUT2D eigenvalue weighted by Crippen LogP contribution is -2.41. The number of rotatable bonds is 3. The number of carbonyl (C=O) groups is 3. The third-order valence-corrected chi connectivity index (χ3v) is 14.9. The van der Waals surface area contributed by atoms with E-state index in [0.29, 0.717) is 70.4 Å². The Balaban J connectivity index is 0.000000138. The Morgan fingerprint density at radius 3 is 1.48 bits per heavy atom. The molecule has 3 unspecified atom stereocenters. The van der Waals surface area contributed by atoms with Gasteiger partial charge in [-0.3, -0.25) is 14.4 Å². The summed E-state index contributed by atoms with van der Waals surface area (Å²) in [5, 5.41) is 50.4. The van der Waals surface area contributed by atoms with Crippen molar-refractivity contribution in [2.75, 3.05) is 90.0 Å². The minimum atomic E-state index is -0.288. The average molecular weight is 1240 g/mol. The number of hydrogen-bond acceptors (Lipinski definition) is 22. The van der Waals surface area contributed by atoms with Gasteiger partial charge in [-0.2, -0.15) is 0 Å². The topological polar surface area (TPSA) is 326 Å². The number of carbonyl (C=O) groups excluding carboxylic acids is 3. The van der Waals surface area contributed by atoms with Gasteiger partial charge in [0.25, 0.3) is 17.7 Å². The van der Waals surface area contributed by atoms with E-state index in [1.807, 2.05) is 142 Å².